The molecule has 0 fully saturated rings. The number of amides is 2. The van der Waals surface area contributed by atoms with Crippen molar-refractivity contribution in [2.75, 3.05) is 10.8 Å². The van der Waals surface area contributed by atoms with E-state index in [9.17, 15) is 18.0 Å². The Bertz CT molecular complexity index is 1350. The Balaban J connectivity index is 1.51. The number of carbonyl (C=O) groups excluding carboxylic acids is 2. The third-order valence-corrected chi connectivity index (χ3v) is 8.30. The first-order valence-electron chi connectivity index (χ1n) is 12.4. The van der Waals surface area contributed by atoms with Crippen LogP contribution >= 0.6 is 0 Å². The molecule has 0 saturated heterocycles. The van der Waals surface area contributed by atoms with Gasteiger partial charge in [-0.1, -0.05) is 61.5 Å². The fourth-order valence-electron chi connectivity index (χ4n) is 4.80. The van der Waals surface area contributed by atoms with E-state index >= 15 is 0 Å². The van der Waals surface area contributed by atoms with Gasteiger partial charge >= 0.3 is 0 Å². The molecule has 36 heavy (non-hydrogen) atoms. The summed E-state index contributed by atoms with van der Waals surface area (Å²) in [7, 11) is -3.67. The molecule has 2 amide bonds. The molecule has 4 rings (SSSR count). The third-order valence-electron chi connectivity index (χ3n) is 6.45. The number of hydrogen-bond donors (Lipinski definition) is 1. The lowest BCUT2D eigenvalue weighted by Gasteiger charge is -2.31. The van der Waals surface area contributed by atoms with Crippen LogP contribution in [0.2, 0.25) is 0 Å². The highest BCUT2D eigenvalue weighted by Gasteiger charge is 2.35. The summed E-state index contributed by atoms with van der Waals surface area (Å²) in [4.78, 5) is 28.3. The Kier molecular flexibility index (Phi) is 7.64. The minimum absolute atomic E-state index is 0.0371. The van der Waals surface area contributed by atoms with E-state index in [0.717, 1.165) is 16.3 Å². The van der Waals surface area contributed by atoms with Crippen LogP contribution in [0.25, 0.3) is 10.8 Å². The molecule has 0 bridgehead atoms. The largest absolute Gasteiger partial charge is 0.352 e. The number of benzene rings is 3. The molecule has 0 saturated carbocycles. The van der Waals surface area contributed by atoms with Crippen LogP contribution in [0, 0.1) is 0 Å². The van der Waals surface area contributed by atoms with Gasteiger partial charge in [0.2, 0.25) is 11.8 Å². The van der Waals surface area contributed by atoms with Gasteiger partial charge in [0.25, 0.3) is 10.0 Å². The predicted molar refractivity (Wildman–Crippen MR) is 142 cm³/mol. The molecule has 1 unspecified atom stereocenters. The van der Waals surface area contributed by atoms with Crippen molar-refractivity contribution in [2.45, 2.75) is 63.6 Å². The van der Waals surface area contributed by atoms with Gasteiger partial charge in [-0.2, -0.15) is 0 Å². The van der Waals surface area contributed by atoms with Crippen molar-refractivity contribution in [3.05, 3.63) is 72.3 Å². The van der Waals surface area contributed by atoms with Gasteiger partial charge in [-0.15, -0.1) is 0 Å². The van der Waals surface area contributed by atoms with E-state index in [0.29, 0.717) is 30.0 Å². The summed E-state index contributed by atoms with van der Waals surface area (Å²) < 4.78 is 27.9. The van der Waals surface area contributed by atoms with E-state index in [4.69, 9.17) is 0 Å². The minimum Gasteiger partial charge on any atom is -0.352 e. The van der Waals surface area contributed by atoms with E-state index in [1.54, 1.807) is 17.0 Å². The molecule has 0 aromatic heterocycles. The van der Waals surface area contributed by atoms with Crippen molar-refractivity contribution < 1.29 is 18.0 Å². The van der Waals surface area contributed by atoms with Crippen LogP contribution in [0.15, 0.2) is 71.6 Å². The standard InChI is InChI=1S/C28H33N3O4S/c1-4-23(28(33)29-20(2)3)30(19-21-11-6-5-7-12-21)26(32)17-10-18-31-24-15-8-13-22-14-9-16-25(27(22)24)36(31,34)35/h5-9,11-16,20,23H,4,10,17-19H2,1-3H3,(H,29,33). The van der Waals surface area contributed by atoms with Gasteiger partial charge in [-0.3, -0.25) is 13.9 Å². The lowest BCUT2D eigenvalue weighted by Crippen LogP contribution is -2.50. The summed E-state index contributed by atoms with van der Waals surface area (Å²) in [5, 5.41) is 4.54. The van der Waals surface area contributed by atoms with Crippen LogP contribution in [0.3, 0.4) is 0 Å². The molecule has 1 atom stereocenters. The zero-order valence-electron chi connectivity index (χ0n) is 21.0. The summed E-state index contributed by atoms with van der Waals surface area (Å²) in [5.74, 6) is -0.349. The second-order valence-electron chi connectivity index (χ2n) is 9.41. The van der Waals surface area contributed by atoms with E-state index < -0.39 is 16.1 Å². The van der Waals surface area contributed by atoms with Crippen LogP contribution in [0.1, 0.15) is 45.6 Å². The number of anilines is 1. The molecule has 1 heterocycles. The molecule has 8 heteroatoms. The van der Waals surface area contributed by atoms with Crippen molar-refractivity contribution in [3.8, 4) is 0 Å². The van der Waals surface area contributed by atoms with Crippen molar-refractivity contribution in [3.63, 3.8) is 0 Å². The lowest BCUT2D eigenvalue weighted by molar-refractivity contribution is -0.141. The first kappa shape index (κ1) is 25.7. The summed E-state index contributed by atoms with van der Waals surface area (Å²) >= 11 is 0. The number of nitrogens with zero attached hydrogens (tertiary/aromatic N) is 2. The highest BCUT2D eigenvalue weighted by molar-refractivity contribution is 7.93. The molecule has 1 N–H and O–H groups in total. The molecule has 7 nitrogen and oxygen atoms in total. The van der Waals surface area contributed by atoms with Crippen molar-refractivity contribution in [1.82, 2.24) is 10.2 Å². The maximum Gasteiger partial charge on any atom is 0.265 e. The summed E-state index contributed by atoms with van der Waals surface area (Å²) in [6, 6.07) is 19.8. The summed E-state index contributed by atoms with van der Waals surface area (Å²) in [5.41, 5.74) is 1.59. The molecule has 3 aromatic carbocycles. The minimum atomic E-state index is -3.67. The number of nitrogens with one attached hydrogen (secondary N) is 1. The molecule has 190 valence electrons. The average molecular weight is 508 g/mol. The number of sulfonamides is 1. The Labute approximate surface area is 213 Å². The Morgan fingerprint density at radius 3 is 2.33 bits per heavy atom. The third kappa shape index (κ3) is 5.09. The van der Waals surface area contributed by atoms with Gasteiger partial charge < -0.3 is 10.2 Å². The van der Waals surface area contributed by atoms with Gasteiger partial charge in [-0.25, -0.2) is 8.42 Å². The van der Waals surface area contributed by atoms with Crippen molar-refractivity contribution >= 4 is 38.3 Å². The fraction of sp³-hybridized carbons (Fsp3) is 0.357. The van der Waals surface area contributed by atoms with Crippen LogP contribution in [-0.2, 0) is 26.2 Å². The second kappa shape index (κ2) is 10.7. The molecule has 3 aromatic rings. The van der Waals surface area contributed by atoms with Crippen LogP contribution in [0.4, 0.5) is 5.69 Å². The molecule has 0 spiro atoms. The van der Waals surface area contributed by atoms with Gasteiger partial charge in [0.05, 0.1) is 10.6 Å². The molecule has 0 aliphatic carbocycles. The second-order valence-corrected chi connectivity index (χ2v) is 11.2. The first-order chi connectivity index (χ1) is 17.2. The lowest BCUT2D eigenvalue weighted by atomic mass is 10.1. The maximum absolute atomic E-state index is 13.5. The number of hydrogen-bond acceptors (Lipinski definition) is 4. The van der Waals surface area contributed by atoms with Gasteiger partial charge in [0.15, 0.2) is 0 Å². The predicted octanol–water partition coefficient (Wildman–Crippen LogP) is 4.46. The molecule has 1 aliphatic rings. The Hall–Kier alpha value is -3.39. The van der Waals surface area contributed by atoms with Crippen LogP contribution < -0.4 is 9.62 Å². The van der Waals surface area contributed by atoms with E-state index in [2.05, 4.69) is 5.32 Å². The summed E-state index contributed by atoms with van der Waals surface area (Å²) in [6.45, 7) is 6.18. The van der Waals surface area contributed by atoms with Crippen LogP contribution in [0.5, 0.6) is 0 Å². The topological polar surface area (TPSA) is 86.8 Å². The van der Waals surface area contributed by atoms with E-state index in [1.807, 2.05) is 75.4 Å². The smallest absolute Gasteiger partial charge is 0.265 e. The number of carbonyl (C=O) groups is 2. The van der Waals surface area contributed by atoms with E-state index in [-0.39, 0.29) is 30.8 Å². The molecular weight excluding hydrogens is 474 g/mol. The van der Waals surface area contributed by atoms with Gasteiger partial charge in [0.1, 0.15) is 6.04 Å². The quantitative estimate of drug-likeness (QED) is 0.439. The molecular formula is C28H33N3O4S. The maximum atomic E-state index is 13.5. The Morgan fingerprint density at radius 2 is 1.67 bits per heavy atom. The van der Waals surface area contributed by atoms with Gasteiger partial charge in [0, 0.05) is 30.9 Å². The average Bonchev–Trinajstić information content (AvgIpc) is 3.07. The van der Waals surface area contributed by atoms with Crippen molar-refractivity contribution in [2.24, 2.45) is 0 Å². The Morgan fingerprint density at radius 1 is 0.972 bits per heavy atom. The summed E-state index contributed by atoms with van der Waals surface area (Å²) in [6.07, 6.45) is 0.960. The SMILES string of the molecule is CCC(C(=O)NC(C)C)N(Cc1ccccc1)C(=O)CCCN1c2cccc3cccc(c23)S1(=O)=O. The highest BCUT2D eigenvalue weighted by atomic mass is 32.2. The highest BCUT2D eigenvalue weighted by Crippen LogP contribution is 2.42. The number of rotatable bonds is 10. The van der Waals surface area contributed by atoms with Crippen molar-refractivity contribution in [1.29, 1.82) is 0 Å². The fourth-order valence-corrected chi connectivity index (χ4v) is 6.55. The van der Waals surface area contributed by atoms with E-state index in [1.165, 1.54) is 4.31 Å². The van der Waals surface area contributed by atoms with Gasteiger partial charge in [-0.05, 0) is 49.8 Å². The monoisotopic (exact) mass is 507 g/mol. The zero-order chi connectivity index (χ0) is 25.9. The van der Waals surface area contributed by atoms with Crippen LogP contribution in [-0.4, -0.2) is 43.8 Å². The molecule has 0 radical (unpaired) electrons. The first-order valence-corrected chi connectivity index (χ1v) is 13.9. The molecule has 1 aliphatic heterocycles. The normalized spacial score (nSPS) is 14.7. The zero-order valence-corrected chi connectivity index (χ0v) is 21.8.